The molecule has 34 heavy (non-hydrogen) atoms. The van der Waals surface area contributed by atoms with Gasteiger partial charge in [-0.2, -0.15) is 0 Å². The van der Waals surface area contributed by atoms with Crippen molar-refractivity contribution in [1.29, 1.82) is 0 Å². The van der Waals surface area contributed by atoms with Crippen molar-refractivity contribution in [2.45, 2.75) is 72.9 Å². The van der Waals surface area contributed by atoms with Crippen LogP contribution in [0.5, 0.6) is 0 Å². The molecule has 0 aliphatic heterocycles. The summed E-state index contributed by atoms with van der Waals surface area (Å²) >= 11 is 0. The predicted molar refractivity (Wildman–Crippen MR) is 140 cm³/mol. The van der Waals surface area contributed by atoms with Gasteiger partial charge in [0, 0.05) is 12.1 Å². The third-order valence-electron chi connectivity index (χ3n) is 5.94. The standard InChI is InChI=1S/C28H38N4O2/c1-8-21-13-15-22(16-14-21)32-25(29-24-12-10-9-11-23(24)26(32)33)20(4)31(18-17-19(2)3)27(34)30-28(5,6)7/h9-16,19-20H,8,17-18H2,1-7H3,(H,30,34). The third kappa shape index (κ3) is 5.85. The first-order valence-electron chi connectivity index (χ1n) is 12.2. The van der Waals surface area contributed by atoms with E-state index in [1.165, 1.54) is 5.56 Å². The van der Waals surface area contributed by atoms with Gasteiger partial charge in [-0.1, -0.05) is 45.0 Å². The molecular weight excluding hydrogens is 424 g/mol. The van der Waals surface area contributed by atoms with Crippen LogP contribution in [0.15, 0.2) is 53.3 Å². The number of rotatable bonds is 7. The molecule has 3 rings (SSSR count). The number of para-hydroxylation sites is 1. The van der Waals surface area contributed by atoms with Gasteiger partial charge in [0.05, 0.1) is 22.6 Å². The second kappa shape index (κ2) is 10.4. The van der Waals surface area contributed by atoms with Gasteiger partial charge in [0.15, 0.2) is 0 Å². The maximum absolute atomic E-state index is 13.7. The quantitative estimate of drug-likeness (QED) is 0.478. The zero-order chi connectivity index (χ0) is 25.0. The SMILES string of the molecule is CCc1ccc(-n2c(C(C)N(CCC(C)C)C(=O)NC(C)(C)C)nc3ccccc3c2=O)cc1. The minimum Gasteiger partial charge on any atom is -0.333 e. The summed E-state index contributed by atoms with van der Waals surface area (Å²) in [6.07, 6.45) is 1.77. The first-order valence-corrected chi connectivity index (χ1v) is 12.2. The molecule has 0 spiro atoms. The van der Waals surface area contributed by atoms with E-state index in [0.29, 0.717) is 29.2 Å². The predicted octanol–water partition coefficient (Wildman–Crippen LogP) is 5.87. The lowest BCUT2D eigenvalue weighted by Gasteiger charge is -2.34. The summed E-state index contributed by atoms with van der Waals surface area (Å²) in [5.41, 5.74) is 2.08. The number of urea groups is 1. The molecule has 6 nitrogen and oxygen atoms in total. The van der Waals surface area contributed by atoms with Crippen LogP contribution in [0.3, 0.4) is 0 Å². The average molecular weight is 463 g/mol. The van der Waals surface area contributed by atoms with Crippen molar-refractivity contribution in [3.05, 3.63) is 70.3 Å². The highest BCUT2D eigenvalue weighted by Crippen LogP contribution is 2.24. The topological polar surface area (TPSA) is 67.2 Å². The Kier molecular flexibility index (Phi) is 7.80. The van der Waals surface area contributed by atoms with Gasteiger partial charge in [-0.05, 0) is 76.3 Å². The van der Waals surface area contributed by atoms with Crippen molar-refractivity contribution in [3.63, 3.8) is 0 Å². The Labute approximate surface area is 203 Å². The summed E-state index contributed by atoms with van der Waals surface area (Å²) in [6.45, 7) is 14.8. The first kappa shape index (κ1) is 25.5. The largest absolute Gasteiger partial charge is 0.333 e. The van der Waals surface area contributed by atoms with E-state index in [2.05, 4.69) is 26.1 Å². The van der Waals surface area contributed by atoms with E-state index in [1.807, 2.05) is 70.2 Å². The number of fused-ring (bicyclic) bond motifs is 1. The van der Waals surface area contributed by atoms with E-state index in [0.717, 1.165) is 18.5 Å². The fourth-order valence-corrected chi connectivity index (χ4v) is 3.96. The van der Waals surface area contributed by atoms with Gasteiger partial charge in [-0.3, -0.25) is 9.36 Å². The molecule has 0 radical (unpaired) electrons. The number of aromatic nitrogens is 2. The Morgan fingerprint density at radius 1 is 1.06 bits per heavy atom. The van der Waals surface area contributed by atoms with Crippen LogP contribution in [0.1, 0.15) is 72.3 Å². The summed E-state index contributed by atoms with van der Waals surface area (Å²) in [5.74, 6) is 0.992. The number of hydrogen-bond donors (Lipinski definition) is 1. The molecule has 1 atom stereocenters. The Balaban J connectivity index is 2.19. The monoisotopic (exact) mass is 462 g/mol. The molecule has 6 heteroatoms. The molecule has 2 aromatic carbocycles. The van der Waals surface area contributed by atoms with Crippen LogP contribution in [0, 0.1) is 5.92 Å². The highest BCUT2D eigenvalue weighted by Gasteiger charge is 2.28. The van der Waals surface area contributed by atoms with Crippen LogP contribution in [0.4, 0.5) is 4.79 Å². The first-order chi connectivity index (χ1) is 16.0. The van der Waals surface area contributed by atoms with Crippen molar-refractivity contribution in [2.24, 2.45) is 5.92 Å². The molecule has 0 aliphatic rings. The van der Waals surface area contributed by atoms with Crippen molar-refractivity contribution < 1.29 is 4.79 Å². The Hall–Kier alpha value is -3.15. The van der Waals surface area contributed by atoms with Crippen LogP contribution in [-0.2, 0) is 6.42 Å². The molecular formula is C28H38N4O2. The van der Waals surface area contributed by atoms with Gasteiger partial charge in [0.2, 0.25) is 0 Å². The van der Waals surface area contributed by atoms with E-state index in [-0.39, 0.29) is 17.1 Å². The summed E-state index contributed by atoms with van der Waals surface area (Å²) in [4.78, 5) is 33.8. The lowest BCUT2D eigenvalue weighted by Crippen LogP contribution is -2.50. The number of amides is 2. The smallest absolute Gasteiger partial charge is 0.318 e. The number of nitrogens with zero attached hydrogens (tertiary/aromatic N) is 3. The highest BCUT2D eigenvalue weighted by atomic mass is 16.2. The number of benzene rings is 2. The summed E-state index contributed by atoms with van der Waals surface area (Å²) in [5, 5.41) is 3.65. The van der Waals surface area contributed by atoms with Crippen LogP contribution < -0.4 is 10.9 Å². The molecule has 2 amide bonds. The Morgan fingerprint density at radius 2 is 1.71 bits per heavy atom. The van der Waals surface area contributed by atoms with Gasteiger partial charge in [0.25, 0.3) is 5.56 Å². The Bertz CT molecular complexity index is 1190. The third-order valence-corrected chi connectivity index (χ3v) is 5.94. The van der Waals surface area contributed by atoms with Crippen molar-refractivity contribution in [2.75, 3.05) is 6.54 Å². The fourth-order valence-electron chi connectivity index (χ4n) is 3.96. The van der Waals surface area contributed by atoms with Crippen molar-refractivity contribution in [3.8, 4) is 5.69 Å². The Morgan fingerprint density at radius 3 is 2.29 bits per heavy atom. The summed E-state index contributed by atoms with van der Waals surface area (Å²) < 4.78 is 1.67. The van der Waals surface area contributed by atoms with E-state index >= 15 is 0 Å². The zero-order valence-electron chi connectivity index (χ0n) is 21.6. The lowest BCUT2D eigenvalue weighted by molar-refractivity contribution is 0.163. The maximum Gasteiger partial charge on any atom is 0.318 e. The summed E-state index contributed by atoms with van der Waals surface area (Å²) in [7, 11) is 0. The second-order valence-corrected chi connectivity index (χ2v) is 10.4. The van der Waals surface area contributed by atoms with Gasteiger partial charge in [-0.15, -0.1) is 0 Å². The number of hydrogen-bond acceptors (Lipinski definition) is 3. The van der Waals surface area contributed by atoms with E-state index < -0.39 is 6.04 Å². The van der Waals surface area contributed by atoms with Gasteiger partial charge in [-0.25, -0.2) is 9.78 Å². The molecule has 1 heterocycles. The van der Waals surface area contributed by atoms with Crippen molar-refractivity contribution >= 4 is 16.9 Å². The molecule has 0 saturated carbocycles. The van der Waals surface area contributed by atoms with Crippen LogP contribution in [0.25, 0.3) is 16.6 Å². The fraction of sp³-hybridized carbons (Fsp3) is 0.464. The number of carbonyl (C=O) groups excluding carboxylic acids is 1. The maximum atomic E-state index is 13.7. The molecule has 3 aromatic rings. The number of nitrogens with one attached hydrogen (secondary N) is 1. The minimum atomic E-state index is -0.413. The van der Waals surface area contributed by atoms with E-state index in [9.17, 15) is 9.59 Å². The lowest BCUT2D eigenvalue weighted by atomic mass is 10.1. The number of carbonyl (C=O) groups is 1. The molecule has 0 bridgehead atoms. The van der Waals surface area contributed by atoms with Gasteiger partial charge in [0.1, 0.15) is 5.82 Å². The molecule has 1 aromatic heterocycles. The molecule has 0 saturated heterocycles. The average Bonchev–Trinajstić information content (AvgIpc) is 2.77. The van der Waals surface area contributed by atoms with Crippen LogP contribution >= 0.6 is 0 Å². The van der Waals surface area contributed by atoms with Gasteiger partial charge < -0.3 is 10.2 Å². The van der Waals surface area contributed by atoms with Gasteiger partial charge >= 0.3 is 6.03 Å². The minimum absolute atomic E-state index is 0.128. The molecule has 1 unspecified atom stereocenters. The van der Waals surface area contributed by atoms with E-state index in [4.69, 9.17) is 4.98 Å². The normalized spacial score (nSPS) is 12.7. The van der Waals surface area contributed by atoms with Crippen LogP contribution in [0.2, 0.25) is 0 Å². The summed E-state index contributed by atoms with van der Waals surface area (Å²) in [6, 6.07) is 14.8. The number of aryl methyl sites for hydroxylation is 1. The van der Waals surface area contributed by atoms with E-state index in [1.54, 1.807) is 15.5 Å². The molecule has 182 valence electrons. The highest BCUT2D eigenvalue weighted by molar-refractivity contribution is 5.78. The van der Waals surface area contributed by atoms with Crippen LogP contribution in [-0.4, -0.2) is 32.6 Å². The second-order valence-electron chi connectivity index (χ2n) is 10.4. The molecule has 0 fully saturated rings. The molecule has 1 N–H and O–H groups in total. The zero-order valence-corrected chi connectivity index (χ0v) is 21.6. The van der Waals surface area contributed by atoms with Crippen molar-refractivity contribution in [1.82, 2.24) is 19.8 Å². The molecule has 0 aliphatic carbocycles.